The lowest BCUT2D eigenvalue weighted by Crippen LogP contribution is -2.42. The molecule has 1 fully saturated rings. The van der Waals surface area contributed by atoms with E-state index in [9.17, 15) is 4.79 Å². The normalized spacial score (nSPS) is 21.1. The standard InChI is InChI=1S/C11H20ClNO3/c1-15-5-6-16-9-11(14)13-4-2-3-10(7-12)8-13/h10H,2-9H2,1H3. The Balaban J connectivity index is 2.19. The highest BCUT2D eigenvalue weighted by atomic mass is 35.5. The van der Waals surface area contributed by atoms with Crippen LogP contribution in [0.15, 0.2) is 0 Å². The number of alkyl halides is 1. The van der Waals surface area contributed by atoms with E-state index in [1.807, 2.05) is 4.90 Å². The molecule has 1 aliphatic heterocycles. The molecule has 0 bridgehead atoms. The number of amides is 1. The van der Waals surface area contributed by atoms with Crippen LogP contribution in [0.5, 0.6) is 0 Å². The van der Waals surface area contributed by atoms with Gasteiger partial charge in [0.2, 0.25) is 5.91 Å². The molecule has 0 saturated carbocycles. The van der Waals surface area contributed by atoms with Crippen molar-refractivity contribution in [3.8, 4) is 0 Å². The first-order chi connectivity index (χ1) is 7.77. The lowest BCUT2D eigenvalue weighted by molar-refractivity contribution is -0.138. The van der Waals surface area contributed by atoms with Gasteiger partial charge in [0.05, 0.1) is 13.2 Å². The van der Waals surface area contributed by atoms with Crippen LogP contribution in [0, 0.1) is 5.92 Å². The summed E-state index contributed by atoms with van der Waals surface area (Å²) >= 11 is 5.81. The molecule has 1 aliphatic rings. The summed E-state index contributed by atoms with van der Waals surface area (Å²) in [5, 5.41) is 0. The smallest absolute Gasteiger partial charge is 0.248 e. The van der Waals surface area contributed by atoms with Gasteiger partial charge in [-0.1, -0.05) is 0 Å². The van der Waals surface area contributed by atoms with E-state index in [1.165, 1.54) is 0 Å². The zero-order chi connectivity index (χ0) is 11.8. The van der Waals surface area contributed by atoms with E-state index in [0.717, 1.165) is 25.9 Å². The lowest BCUT2D eigenvalue weighted by Gasteiger charge is -2.31. The van der Waals surface area contributed by atoms with Crippen molar-refractivity contribution in [2.45, 2.75) is 12.8 Å². The first-order valence-corrected chi connectivity index (χ1v) is 6.21. The predicted molar refractivity (Wildman–Crippen MR) is 62.7 cm³/mol. The van der Waals surface area contributed by atoms with Crippen molar-refractivity contribution in [3.63, 3.8) is 0 Å². The van der Waals surface area contributed by atoms with Crippen molar-refractivity contribution in [2.75, 3.05) is 45.9 Å². The molecule has 1 heterocycles. The number of piperidine rings is 1. The quantitative estimate of drug-likeness (QED) is 0.523. The van der Waals surface area contributed by atoms with Crippen molar-refractivity contribution < 1.29 is 14.3 Å². The van der Waals surface area contributed by atoms with Gasteiger partial charge in [-0.25, -0.2) is 0 Å². The number of likely N-dealkylation sites (tertiary alicyclic amines) is 1. The Hall–Kier alpha value is -0.320. The Morgan fingerprint density at radius 2 is 2.31 bits per heavy atom. The maximum absolute atomic E-state index is 11.7. The first kappa shape index (κ1) is 13.7. The molecule has 94 valence electrons. The molecule has 1 unspecified atom stereocenters. The number of carbonyl (C=O) groups excluding carboxylic acids is 1. The van der Waals surface area contributed by atoms with Gasteiger partial charge in [-0.05, 0) is 18.8 Å². The largest absolute Gasteiger partial charge is 0.382 e. The molecule has 0 spiro atoms. The number of hydrogen-bond acceptors (Lipinski definition) is 3. The van der Waals surface area contributed by atoms with Crippen LogP contribution in [0.1, 0.15) is 12.8 Å². The molecule has 0 aromatic carbocycles. The molecule has 4 nitrogen and oxygen atoms in total. The average molecular weight is 250 g/mol. The van der Waals surface area contributed by atoms with Gasteiger partial charge in [0.1, 0.15) is 6.61 Å². The zero-order valence-corrected chi connectivity index (χ0v) is 10.5. The molecule has 0 aromatic heterocycles. The van der Waals surface area contributed by atoms with Crippen molar-refractivity contribution in [2.24, 2.45) is 5.92 Å². The summed E-state index contributed by atoms with van der Waals surface area (Å²) in [6.07, 6.45) is 2.17. The topological polar surface area (TPSA) is 38.8 Å². The summed E-state index contributed by atoms with van der Waals surface area (Å²) < 4.78 is 10.0. The van der Waals surface area contributed by atoms with E-state index in [2.05, 4.69) is 0 Å². The molecule has 0 N–H and O–H groups in total. The fourth-order valence-electron chi connectivity index (χ4n) is 1.81. The minimum atomic E-state index is 0.0610. The monoisotopic (exact) mass is 249 g/mol. The molecular formula is C11H20ClNO3. The summed E-state index contributed by atoms with van der Waals surface area (Å²) in [5.74, 6) is 1.14. The van der Waals surface area contributed by atoms with Crippen LogP contribution >= 0.6 is 11.6 Å². The number of ether oxygens (including phenoxy) is 2. The molecule has 5 heteroatoms. The van der Waals surface area contributed by atoms with E-state index >= 15 is 0 Å². The Bertz CT molecular complexity index is 213. The van der Waals surface area contributed by atoms with Crippen LogP contribution in [0.4, 0.5) is 0 Å². The summed E-state index contributed by atoms with van der Waals surface area (Å²) in [7, 11) is 1.61. The van der Waals surface area contributed by atoms with Gasteiger partial charge in [0.25, 0.3) is 0 Å². The van der Waals surface area contributed by atoms with Crippen LogP contribution in [0.3, 0.4) is 0 Å². The van der Waals surface area contributed by atoms with Gasteiger partial charge in [0.15, 0.2) is 0 Å². The molecular weight excluding hydrogens is 230 g/mol. The molecule has 1 atom stereocenters. The van der Waals surface area contributed by atoms with E-state index < -0.39 is 0 Å². The number of rotatable bonds is 6. The molecule has 0 aromatic rings. The van der Waals surface area contributed by atoms with Crippen molar-refractivity contribution in [1.29, 1.82) is 0 Å². The van der Waals surface area contributed by atoms with Gasteiger partial charge in [0, 0.05) is 26.1 Å². The summed E-state index contributed by atoms with van der Waals surface area (Å²) in [6.45, 7) is 2.75. The summed E-state index contributed by atoms with van der Waals surface area (Å²) in [5.41, 5.74) is 0. The van der Waals surface area contributed by atoms with Gasteiger partial charge >= 0.3 is 0 Å². The number of methoxy groups -OCH3 is 1. The van der Waals surface area contributed by atoms with Gasteiger partial charge < -0.3 is 14.4 Å². The van der Waals surface area contributed by atoms with E-state index in [1.54, 1.807) is 7.11 Å². The maximum Gasteiger partial charge on any atom is 0.248 e. The average Bonchev–Trinajstić information content (AvgIpc) is 2.34. The molecule has 0 radical (unpaired) electrons. The highest BCUT2D eigenvalue weighted by Crippen LogP contribution is 2.17. The van der Waals surface area contributed by atoms with Gasteiger partial charge in [-0.2, -0.15) is 0 Å². The minimum absolute atomic E-state index is 0.0610. The molecule has 0 aliphatic carbocycles. The Morgan fingerprint density at radius 3 is 3.00 bits per heavy atom. The van der Waals surface area contributed by atoms with E-state index in [-0.39, 0.29) is 12.5 Å². The minimum Gasteiger partial charge on any atom is -0.382 e. The first-order valence-electron chi connectivity index (χ1n) is 5.68. The lowest BCUT2D eigenvalue weighted by atomic mass is 10.0. The number of hydrogen-bond donors (Lipinski definition) is 0. The second kappa shape index (κ2) is 7.87. The van der Waals surface area contributed by atoms with Crippen LogP contribution in [-0.2, 0) is 14.3 Å². The van der Waals surface area contributed by atoms with Gasteiger partial charge in [-0.3, -0.25) is 4.79 Å². The van der Waals surface area contributed by atoms with Crippen LogP contribution in [0.25, 0.3) is 0 Å². The Morgan fingerprint density at radius 1 is 1.50 bits per heavy atom. The van der Waals surface area contributed by atoms with Crippen LogP contribution < -0.4 is 0 Å². The number of halogens is 1. The van der Waals surface area contributed by atoms with Crippen molar-refractivity contribution in [3.05, 3.63) is 0 Å². The molecule has 1 rings (SSSR count). The second-order valence-electron chi connectivity index (χ2n) is 4.05. The summed E-state index contributed by atoms with van der Waals surface area (Å²) in [6, 6.07) is 0. The highest BCUT2D eigenvalue weighted by Gasteiger charge is 2.22. The molecule has 1 amide bonds. The third kappa shape index (κ3) is 4.68. The van der Waals surface area contributed by atoms with Crippen molar-refractivity contribution in [1.82, 2.24) is 4.90 Å². The van der Waals surface area contributed by atoms with E-state index in [0.29, 0.717) is 25.0 Å². The van der Waals surface area contributed by atoms with Crippen molar-refractivity contribution >= 4 is 17.5 Å². The number of nitrogens with zero attached hydrogens (tertiary/aromatic N) is 1. The fourth-order valence-corrected chi connectivity index (χ4v) is 2.06. The third-order valence-corrected chi connectivity index (χ3v) is 3.18. The maximum atomic E-state index is 11.7. The highest BCUT2D eigenvalue weighted by molar-refractivity contribution is 6.18. The molecule has 1 saturated heterocycles. The molecule has 16 heavy (non-hydrogen) atoms. The number of carbonyl (C=O) groups is 1. The SMILES string of the molecule is COCCOCC(=O)N1CCCC(CCl)C1. The van der Waals surface area contributed by atoms with Crippen LogP contribution in [-0.4, -0.2) is 56.7 Å². The van der Waals surface area contributed by atoms with E-state index in [4.69, 9.17) is 21.1 Å². The predicted octanol–water partition coefficient (Wildman–Crippen LogP) is 1.13. The van der Waals surface area contributed by atoms with Crippen LogP contribution in [0.2, 0.25) is 0 Å². The fraction of sp³-hybridized carbons (Fsp3) is 0.909. The Kier molecular flexibility index (Phi) is 6.76. The Labute approximate surface area is 102 Å². The zero-order valence-electron chi connectivity index (χ0n) is 9.78. The van der Waals surface area contributed by atoms with Gasteiger partial charge in [-0.15, -0.1) is 11.6 Å². The summed E-state index contributed by atoms with van der Waals surface area (Å²) in [4.78, 5) is 13.6. The second-order valence-corrected chi connectivity index (χ2v) is 4.36. The third-order valence-electron chi connectivity index (χ3n) is 2.75.